The Labute approximate surface area is 87.2 Å². The molecule has 14 heavy (non-hydrogen) atoms. The van der Waals surface area contributed by atoms with Gasteiger partial charge in [0, 0.05) is 5.75 Å². The van der Waals surface area contributed by atoms with E-state index in [0.29, 0.717) is 4.90 Å². The Morgan fingerprint density at radius 3 is 2.57 bits per heavy atom. The number of thioether (sulfide) groups is 1. The number of hydrogen-bond acceptors (Lipinski definition) is 3. The summed E-state index contributed by atoms with van der Waals surface area (Å²) in [5.74, 6) is -2.92. The fraction of sp³-hybridized carbons (Fsp3) is 0.667. The number of hydrogen-bond donors (Lipinski definition) is 1. The molecule has 0 aromatic carbocycles. The van der Waals surface area contributed by atoms with Gasteiger partial charge in [0.05, 0.1) is 5.88 Å². The van der Waals surface area contributed by atoms with Gasteiger partial charge in [-0.25, -0.2) is 4.79 Å². The van der Waals surface area contributed by atoms with Crippen LogP contribution in [0.5, 0.6) is 0 Å². The number of halogens is 3. The normalized spacial score (nSPS) is 22.5. The van der Waals surface area contributed by atoms with E-state index in [4.69, 9.17) is 5.11 Å². The van der Waals surface area contributed by atoms with Crippen molar-refractivity contribution in [3.05, 3.63) is 0 Å². The zero-order valence-electron chi connectivity index (χ0n) is 6.74. The van der Waals surface area contributed by atoms with E-state index in [9.17, 15) is 18.4 Å². The monoisotopic (exact) mass is 245 g/mol. The molecule has 80 valence electrons. The number of carboxylic acids is 1. The van der Waals surface area contributed by atoms with E-state index >= 15 is 0 Å². The number of aliphatic carboxylic acids is 1. The van der Waals surface area contributed by atoms with Crippen LogP contribution in [0.3, 0.4) is 0 Å². The third-order valence-corrected chi connectivity index (χ3v) is 2.84. The van der Waals surface area contributed by atoms with Gasteiger partial charge in [-0.2, -0.15) is 8.78 Å². The summed E-state index contributed by atoms with van der Waals surface area (Å²) in [7, 11) is 0. The van der Waals surface area contributed by atoms with E-state index in [1.54, 1.807) is 0 Å². The van der Waals surface area contributed by atoms with Crippen LogP contribution in [0.15, 0.2) is 0 Å². The van der Waals surface area contributed by atoms with E-state index in [1.165, 1.54) is 0 Å². The van der Waals surface area contributed by atoms with Crippen molar-refractivity contribution in [1.82, 2.24) is 4.90 Å². The lowest BCUT2D eigenvalue weighted by Crippen LogP contribution is -2.47. The van der Waals surface area contributed by atoms with Gasteiger partial charge < -0.3 is 10.0 Å². The summed E-state index contributed by atoms with van der Waals surface area (Å²) in [5.41, 5.74) is 0. The number of carboxylic acid groups (broad SMARTS) is 1. The fourth-order valence-electron chi connectivity index (χ4n) is 1.01. The second-order valence-corrected chi connectivity index (χ2v) is 4.10. The van der Waals surface area contributed by atoms with Gasteiger partial charge in [-0.3, -0.25) is 4.79 Å². The smallest absolute Gasteiger partial charge is 0.399 e. The Balaban J connectivity index is 2.77. The molecule has 1 heterocycles. The second-order valence-electron chi connectivity index (χ2n) is 2.63. The van der Waals surface area contributed by atoms with Gasteiger partial charge in [-0.1, -0.05) is 0 Å². The Morgan fingerprint density at radius 2 is 2.14 bits per heavy atom. The molecule has 1 atom stereocenters. The SMILES string of the molecule is O=C(O)[C@@H]1CSCN1C(=O)C(F)(F)Cl. The first-order valence-corrected chi connectivity index (χ1v) is 5.05. The van der Waals surface area contributed by atoms with Crippen LogP contribution in [-0.4, -0.2) is 44.9 Å². The van der Waals surface area contributed by atoms with E-state index in [1.807, 2.05) is 0 Å². The van der Waals surface area contributed by atoms with Crippen molar-refractivity contribution in [2.24, 2.45) is 0 Å². The van der Waals surface area contributed by atoms with Crippen molar-refractivity contribution >= 4 is 35.2 Å². The van der Waals surface area contributed by atoms with Crippen molar-refractivity contribution in [2.45, 2.75) is 11.4 Å². The number of carbonyl (C=O) groups is 2. The maximum absolute atomic E-state index is 12.4. The third kappa shape index (κ3) is 2.27. The van der Waals surface area contributed by atoms with Crippen LogP contribution in [0.25, 0.3) is 0 Å². The summed E-state index contributed by atoms with van der Waals surface area (Å²) in [6.07, 6.45) is 0. The molecule has 0 saturated carbocycles. The zero-order chi connectivity index (χ0) is 10.9. The maximum Gasteiger partial charge on any atom is 0.399 e. The minimum atomic E-state index is -4.03. The number of amides is 1. The zero-order valence-corrected chi connectivity index (χ0v) is 8.32. The lowest BCUT2D eigenvalue weighted by atomic mass is 10.3. The highest BCUT2D eigenvalue weighted by molar-refractivity contribution is 7.99. The highest BCUT2D eigenvalue weighted by Gasteiger charge is 2.46. The molecule has 0 bridgehead atoms. The molecular formula is C6H6ClF2NO3S. The fourth-order valence-corrected chi connectivity index (χ4v) is 2.26. The summed E-state index contributed by atoms with van der Waals surface area (Å²) in [6.45, 7) is 0. The highest BCUT2D eigenvalue weighted by Crippen LogP contribution is 2.28. The number of rotatable bonds is 2. The average molecular weight is 246 g/mol. The van der Waals surface area contributed by atoms with Crippen molar-refractivity contribution in [2.75, 3.05) is 11.6 Å². The van der Waals surface area contributed by atoms with Crippen LogP contribution in [0, 0.1) is 0 Å². The second kappa shape index (κ2) is 3.90. The highest BCUT2D eigenvalue weighted by atomic mass is 35.5. The molecule has 0 aliphatic carbocycles. The van der Waals surface area contributed by atoms with E-state index in [0.717, 1.165) is 11.8 Å². The van der Waals surface area contributed by atoms with E-state index < -0.39 is 23.3 Å². The van der Waals surface area contributed by atoms with Gasteiger partial charge in [0.1, 0.15) is 6.04 Å². The van der Waals surface area contributed by atoms with Gasteiger partial charge >= 0.3 is 17.3 Å². The summed E-state index contributed by atoms with van der Waals surface area (Å²) >= 11 is 5.60. The molecule has 1 aliphatic heterocycles. The van der Waals surface area contributed by atoms with Crippen LogP contribution in [-0.2, 0) is 9.59 Å². The van der Waals surface area contributed by atoms with Crippen LogP contribution in [0.2, 0.25) is 0 Å². The van der Waals surface area contributed by atoms with Gasteiger partial charge in [-0.15, -0.1) is 11.8 Å². The first-order valence-electron chi connectivity index (χ1n) is 3.52. The number of nitrogens with zero attached hydrogens (tertiary/aromatic N) is 1. The molecule has 0 unspecified atom stereocenters. The quantitative estimate of drug-likeness (QED) is 0.732. The Morgan fingerprint density at radius 1 is 1.57 bits per heavy atom. The van der Waals surface area contributed by atoms with Crippen molar-refractivity contribution in [1.29, 1.82) is 0 Å². The first kappa shape index (κ1) is 11.5. The molecule has 1 saturated heterocycles. The summed E-state index contributed by atoms with van der Waals surface area (Å²) in [4.78, 5) is 22.1. The molecule has 1 N–H and O–H groups in total. The van der Waals surface area contributed by atoms with Crippen LogP contribution in [0.1, 0.15) is 0 Å². The summed E-state index contributed by atoms with van der Waals surface area (Å²) in [6, 6.07) is -1.21. The Hall–Kier alpha value is -0.560. The summed E-state index contributed by atoms with van der Waals surface area (Å²) in [5, 5.41) is 4.57. The van der Waals surface area contributed by atoms with Crippen LogP contribution in [0.4, 0.5) is 8.78 Å². The Bertz CT molecular complexity index is 270. The van der Waals surface area contributed by atoms with Gasteiger partial charge in [-0.05, 0) is 11.6 Å². The minimum Gasteiger partial charge on any atom is -0.480 e. The molecule has 0 spiro atoms. The van der Waals surface area contributed by atoms with Crippen molar-refractivity contribution in [3.8, 4) is 0 Å². The molecule has 1 aliphatic rings. The molecule has 1 fully saturated rings. The molecule has 1 amide bonds. The first-order chi connectivity index (χ1) is 6.34. The number of alkyl halides is 3. The maximum atomic E-state index is 12.4. The molecule has 8 heteroatoms. The van der Waals surface area contributed by atoms with Gasteiger partial charge in [0.2, 0.25) is 0 Å². The molecule has 0 radical (unpaired) electrons. The third-order valence-electron chi connectivity index (χ3n) is 1.67. The van der Waals surface area contributed by atoms with Crippen molar-refractivity contribution < 1.29 is 23.5 Å². The van der Waals surface area contributed by atoms with Crippen molar-refractivity contribution in [3.63, 3.8) is 0 Å². The predicted molar refractivity (Wildman–Crippen MR) is 46.4 cm³/mol. The standard InChI is InChI=1S/C6H6ClF2NO3S/c7-6(8,9)5(13)10-2-14-1-3(10)4(11)12/h3H,1-2H2,(H,11,12)/t3-/m0/s1. The lowest BCUT2D eigenvalue weighted by Gasteiger charge is -2.22. The van der Waals surface area contributed by atoms with E-state index in [-0.39, 0.29) is 11.6 Å². The Kier molecular flexibility index (Phi) is 3.20. The van der Waals surface area contributed by atoms with E-state index in [2.05, 4.69) is 11.6 Å². The predicted octanol–water partition coefficient (Wildman–Crippen LogP) is 0.804. The summed E-state index contributed by atoms with van der Waals surface area (Å²) < 4.78 is 24.8. The lowest BCUT2D eigenvalue weighted by molar-refractivity contribution is -0.155. The molecular weight excluding hydrogens is 240 g/mol. The number of carbonyl (C=O) groups excluding carboxylic acids is 1. The molecule has 0 aromatic rings. The van der Waals surface area contributed by atoms with Gasteiger partial charge in [0.15, 0.2) is 0 Å². The minimum absolute atomic E-state index is 0.0713. The van der Waals surface area contributed by atoms with Crippen LogP contribution >= 0.6 is 23.4 Å². The topological polar surface area (TPSA) is 57.6 Å². The largest absolute Gasteiger partial charge is 0.480 e. The van der Waals surface area contributed by atoms with Gasteiger partial charge in [0.25, 0.3) is 0 Å². The van der Waals surface area contributed by atoms with Crippen LogP contribution < -0.4 is 0 Å². The average Bonchev–Trinajstić information content (AvgIpc) is 2.48. The molecule has 1 rings (SSSR count). The molecule has 0 aromatic heterocycles. The molecule has 4 nitrogen and oxygen atoms in total.